The lowest BCUT2D eigenvalue weighted by atomic mass is 10.0. The van der Waals surface area contributed by atoms with Crippen LogP contribution in [0, 0.1) is 10.1 Å². The molecule has 0 bridgehead atoms. The summed E-state index contributed by atoms with van der Waals surface area (Å²) < 4.78 is 0. The Bertz CT molecular complexity index is 790. The van der Waals surface area contributed by atoms with E-state index in [1.807, 2.05) is 5.32 Å². The molecule has 1 aliphatic rings. The molecular weight excluding hydrogens is 346 g/mol. The van der Waals surface area contributed by atoms with E-state index >= 15 is 0 Å². The van der Waals surface area contributed by atoms with Crippen LogP contribution in [0.1, 0.15) is 46.0 Å². The maximum atomic E-state index is 12.6. The minimum Gasteiger partial charge on any atom is -0.396 e. The number of imide groups is 2. The van der Waals surface area contributed by atoms with Crippen molar-refractivity contribution in [1.82, 2.24) is 10.2 Å². The third kappa shape index (κ3) is 3.59. The highest BCUT2D eigenvalue weighted by Gasteiger charge is 2.43. The Kier molecular flexibility index (Phi) is 5.78. The molecule has 4 amide bonds. The van der Waals surface area contributed by atoms with Gasteiger partial charge in [-0.05, 0) is 31.4 Å². The summed E-state index contributed by atoms with van der Waals surface area (Å²) in [5.41, 5.74) is -0.487. The van der Waals surface area contributed by atoms with Gasteiger partial charge in [-0.25, -0.2) is 0 Å². The van der Waals surface area contributed by atoms with Crippen molar-refractivity contribution in [2.75, 3.05) is 6.61 Å². The van der Waals surface area contributed by atoms with Crippen LogP contribution in [0.4, 0.5) is 5.69 Å². The summed E-state index contributed by atoms with van der Waals surface area (Å²) in [5.74, 6) is -2.04. The first-order valence-electron chi connectivity index (χ1n) is 7.84. The third-order valence-electron chi connectivity index (χ3n) is 4.11. The van der Waals surface area contributed by atoms with Gasteiger partial charge in [0.2, 0.25) is 12.3 Å². The minimum atomic E-state index is -0.796. The second-order valence-corrected chi connectivity index (χ2v) is 5.82. The average Bonchev–Trinajstić information content (AvgIpc) is 2.83. The molecule has 1 atom stereocenters. The number of nitrogens with zero attached hydrogens (tertiary/aromatic N) is 2. The molecule has 0 saturated carbocycles. The number of aliphatic hydroxyl groups is 1. The van der Waals surface area contributed by atoms with Gasteiger partial charge in [0.25, 0.3) is 17.5 Å². The number of amides is 4. The quantitative estimate of drug-likeness (QED) is 0.289. The molecule has 1 aromatic carbocycles. The lowest BCUT2D eigenvalue weighted by Crippen LogP contribution is -2.38. The number of hydrogen-bond donors (Lipinski definition) is 2. The van der Waals surface area contributed by atoms with Crippen molar-refractivity contribution >= 4 is 29.8 Å². The van der Waals surface area contributed by atoms with Crippen molar-refractivity contribution in [1.29, 1.82) is 0 Å². The number of fused-ring (bicyclic) bond motifs is 1. The van der Waals surface area contributed by atoms with Crippen LogP contribution in [0.25, 0.3) is 0 Å². The summed E-state index contributed by atoms with van der Waals surface area (Å²) in [6, 6.07) is 1.84. The molecule has 1 aromatic rings. The van der Waals surface area contributed by atoms with E-state index in [1.54, 1.807) is 0 Å². The maximum absolute atomic E-state index is 12.6. The number of aliphatic hydroxyl groups excluding tert-OH is 1. The minimum absolute atomic E-state index is 0.0863. The topological polar surface area (TPSA) is 147 Å². The predicted octanol–water partition coefficient (Wildman–Crippen LogP) is 0.167. The molecular formula is C16H17N3O7. The summed E-state index contributed by atoms with van der Waals surface area (Å²) in [6.45, 7) is 1.28. The van der Waals surface area contributed by atoms with Gasteiger partial charge in [-0.2, -0.15) is 0 Å². The fourth-order valence-corrected chi connectivity index (χ4v) is 2.85. The number of carbonyl (C=O) groups excluding carboxylic acids is 4. The molecule has 2 N–H and O–H groups in total. The zero-order chi connectivity index (χ0) is 19.4. The van der Waals surface area contributed by atoms with Crippen molar-refractivity contribution in [3.05, 3.63) is 38.9 Å². The van der Waals surface area contributed by atoms with E-state index < -0.39 is 34.4 Å². The molecule has 0 fully saturated rings. The molecule has 0 aromatic heterocycles. The monoisotopic (exact) mass is 363 g/mol. The van der Waals surface area contributed by atoms with Crippen LogP contribution in [0.3, 0.4) is 0 Å². The van der Waals surface area contributed by atoms with E-state index in [1.165, 1.54) is 19.1 Å². The SMILES string of the molecule is CC(CCC(=O)NC=O)N1C(=O)c2cc(CCO)cc([N+](=O)[O-])c2C1=O. The molecule has 1 unspecified atom stereocenters. The highest BCUT2D eigenvalue weighted by atomic mass is 16.6. The summed E-state index contributed by atoms with van der Waals surface area (Å²) in [4.78, 5) is 58.3. The zero-order valence-electron chi connectivity index (χ0n) is 13.9. The van der Waals surface area contributed by atoms with Gasteiger partial charge in [0.05, 0.1) is 10.5 Å². The van der Waals surface area contributed by atoms with Gasteiger partial charge in [-0.3, -0.25) is 39.5 Å². The second kappa shape index (κ2) is 7.83. The molecule has 1 heterocycles. The molecule has 138 valence electrons. The normalized spacial score (nSPS) is 14.2. The van der Waals surface area contributed by atoms with Crippen molar-refractivity contribution in [3.8, 4) is 0 Å². The molecule has 2 rings (SSSR count). The number of nitro benzene ring substituents is 1. The number of carbonyl (C=O) groups is 4. The van der Waals surface area contributed by atoms with Crippen LogP contribution in [0.5, 0.6) is 0 Å². The number of hydrogen-bond acceptors (Lipinski definition) is 7. The lowest BCUT2D eigenvalue weighted by molar-refractivity contribution is -0.385. The first kappa shape index (κ1) is 19.2. The van der Waals surface area contributed by atoms with Crippen LogP contribution < -0.4 is 5.32 Å². The van der Waals surface area contributed by atoms with Gasteiger partial charge in [-0.15, -0.1) is 0 Å². The van der Waals surface area contributed by atoms with Crippen molar-refractivity contribution in [2.45, 2.75) is 32.2 Å². The number of rotatable bonds is 8. The summed E-state index contributed by atoms with van der Waals surface area (Å²) in [5, 5.41) is 22.3. The third-order valence-corrected chi connectivity index (χ3v) is 4.11. The van der Waals surface area contributed by atoms with E-state index in [0.717, 1.165) is 4.90 Å². The van der Waals surface area contributed by atoms with E-state index in [4.69, 9.17) is 5.11 Å². The molecule has 0 radical (unpaired) electrons. The summed E-state index contributed by atoms with van der Waals surface area (Å²) in [7, 11) is 0. The molecule has 0 aliphatic carbocycles. The molecule has 0 saturated heterocycles. The fraction of sp³-hybridized carbons (Fsp3) is 0.375. The van der Waals surface area contributed by atoms with Gasteiger partial charge < -0.3 is 5.11 Å². The first-order valence-corrected chi connectivity index (χ1v) is 7.84. The number of nitro groups is 1. The van der Waals surface area contributed by atoms with E-state index in [9.17, 15) is 29.3 Å². The summed E-state index contributed by atoms with van der Waals surface area (Å²) in [6.07, 6.45) is 0.353. The number of benzene rings is 1. The molecule has 1 aliphatic heterocycles. The molecule has 10 nitrogen and oxygen atoms in total. The van der Waals surface area contributed by atoms with E-state index in [-0.39, 0.29) is 43.4 Å². The van der Waals surface area contributed by atoms with Crippen molar-refractivity contribution in [2.24, 2.45) is 0 Å². The van der Waals surface area contributed by atoms with Crippen LogP contribution in [-0.4, -0.2) is 51.7 Å². The molecule has 26 heavy (non-hydrogen) atoms. The molecule has 10 heteroatoms. The second-order valence-electron chi connectivity index (χ2n) is 5.82. The van der Waals surface area contributed by atoms with Crippen molar-refractivity contribution in [3.63, 3.8) is 0 Å². The molecule has 0 spiro atoms. The Hall–Kier alpha value is -3.14. The van der Waals surface area contributed by atoms with Gasteiger partial charge in [0.15, 0.2) is 0 Å². The van der Waals surface area contributed by atoms with Crippen LogP contribution >= 0.6 is 0 Å². The van der Waals surface area contributed by atoms with Gasteiger partial charge in [0, 0.05) is 25.1 Å². The highest BCUT2D eigenvalue weighted by Crippen LogP contribution is 2.34. The van der Waals surface area contributed by atoms with E-state index in [2.05, 4.69) is 0 Å². The Morgan fingerprint density at radius 3 is 2.65 bits per heavy atom. The first-order chi connectivity index (χ1) is 12.3. The fourth-order valence-electron chi connectivity index (χ4n) is 2.85. The Morgan fingerprint density at radius 1 is 1.38 bits per heavy atom. The Morgan fingerprint density at radius 2 is 2.08 bits per heavy atom. The van der Waals surface area contributed by atoms with Gasteiger partial charge in [-0.1, -0.05) is 0 Å². The smallest absolute Gasteiger partial charge is 0.283 e. The predicted molar refractivity (Wildman–Crippen MR) is 87.3 cm³/mol. The van der Waals surface area contributed by atoms with Crippen LogP contribution in [-0.2, 0) is 16.0 Å². The van der Waals surface area contributed by atoms with Gasteiger partial charge in [0.1, 0.15) is 5.56 Å². The summed E-state index contributed by atoms with van der Waals surface area (Å²) >= 11 is 0. The maximum Gasteiger partial charge on any atom is 0.283 e. The average molecular weight is 363 g/mol. The van der Waals surface area contributed by atoms with Crippen LogP contribution in [0.15, 0.2) is 12.1 Å². The Balaban J connectivity index is 2.33. The van der Waals surface area contributed by atoms with Gasteiger partial charge >= 0.3 is 0 Å². The lowest BCUT2D eigenvalue weighted by Gasteiger charge is -2.21. The standard InChI is InChI=1S/C16H17N3O7/c1-9(2-3-13(22)17-8-21)18-15(23)11-6-10(4-5-20)7-12(19(25)26)14(11)16(18)24/h6-9,20H,2-5H2,1H3,(H,17,21,22). The van der Waals surface area contributed by atoms with Crippen LogP contribution in [0.2, 0.25) is 0 Å². The Labute approximate surface area is 147 Å². The highest BCUT2D eigenvalue weighted by molar-refractivity contribution is 6.23. The van der Waals surface area contributed by atoms with E-state index in [0.29, 0.717) is 5.56 Å². The van der Waals surface area contributed by atoms with Crippen molar-refractivity contribution < 1.29 is 29.2 Å². The number of nitrogens with one attached hydrogen (secondary N) is 1. The zero-order valence-corrected chi connectivity index (χ0v) is 13.9. The largest absolute Gasteiger partial charge is 0.396 e.